The third-order valence-corrected chi connectivity index (χ3v) is 7.93. The fourth-order valence-corrected chi connectivity index (χ4v) is 6.34. The summed E-state index contributed by atoms with van der Waals surface area (Å²) in [5.41, 5.74) is -2.62. The third-order valence-electron chi connectivity index (χ3n) is 7.10. The van der Waals surface area contributed by atoms with Crippen molar-refractivity contribution < 1.29 is 29.3 Å². The van der Waals surface area contributed by atoms with Crippen molar-refractivity contribution in [2.75, 3.05) is 13.7 Å². The lowest BCUT2D eigenvalue weighted by Crippen LogP contribution is -2.56. The summed E-state index contributed by atoms with van der Waals surface area (Å²) in [5.74, 6) is -1.90. The number of aliphatic carboxylic acids is 1. The summed E-state index contributed by atoms with van der Waals surface area (Å²) in [6.07, 6.45) is 4.37. The van der Waals surface area contributed by atoms with Crippen molar-refractivity contribution in [1.29, 1.82) is 0 Å². The fraction of sp³-hybridized carbons (Fsp3) is 0.444. The average molecular weight is 556 g/mol. The number of aliphatic hydroxyl groups is 1. The molecule has 0 aliphatic carbocycles. The molecule has 2 amide bonds. The molecule has 1 aliphatic rings. The Morgan fingerprint density at radius 3 is 2.51 bits per heavy atom. The van der Waals surface area contributed by atoms with E-state index in [0.29, 0.717) is 10.8 Å². The molecule has 12 heteroatoms. The number of carbonyl (C=O) groups excluding carboxylic acids is 2. The van der Waals surface area contributed by atoms with Gasteiger partial charge in [0.15, 0.2) is 5.54 Å². The number of aromatic nitrogens is 3. The number of methoxy groups -OCH3 is 1. The van der Waals surface area contributed by atoms with Crippen LogP contribution in [0.5, 0.6) is 5.75 Å². The van der Waals surface area contributed by atoms with Gasteiger partial charge in [-0.1, -0.05) is 26.8 Å². The summed E-state index contributed by atoms with van der Waals surface area (Å²) in [7, 11) is 1.51. The van der Waals surface area contributed by atoms with Crippen LogP contribution in [0.4, 0.5) is 0 Å². The quantitative estimate of drug-likeness (QED) is 0.384. The zero-order valence-electron chi connectivity index (χ0n) is 22.5. The van der Waals surface area contributed by atoms with Gasteiger partial charge in [-0.2, -0.15) is 5.10 Å². The molecule has 4 rings (SSSR count). The molecule has 1 aromatic carbocycles. The number of thiazole rings is 1. The molecule has 0 radical (unpaired) electrons. The normalized spacial score (nSPS) is 23.0. The molecule has 2 aromatic heterocycles. The van der Waals surface area contributed by atoms with E-state index >= 15 is 0 Å². The average Bonchev–Trinajstić information content (AvgIpc) is 3.63. The Kier molecular flexibility index (Phi) is 7.55. The first-order valence-electron chi connectivity index (χ1n) is 12.4. The molecule has 1 aliphatic heterocycles. The first-order valence-corrected chi connectivity index (χ1v) is 13.3. The van der Waals surface area contributed by atoms with Crippen LogP contribution in [-0.2, 0) is 21.5 Å². The number of benzene rings is 1. The van der Waals surface area contributed by atoms with Gasteiger partial charge in [-0.3, -0.25) is 14.3 Å². The van der Waals surface area contributed by atoms with Gasteiger partial charge in [0.25, 0.3) is 5.91 Å². The van der Waals surface area contributed by atoms with E-state index in [-0.39, 0.29) is 23.9 Å². The van der Waals surface area contributed by atoms with Crippen molar-refractivity contribution in [2.24, 2.45) is 0 Å². The molecule has 1 saturated heterocycles. The fourth-order valence-electron chi connectivity index (χ4n) is 5.49. The summed E-state index contributed by atoms with van der Waals surface area (Å²) in [4.78, 5) is 45.8. The van der Waals surface area contributed by atoms with Gasteiger partial charge in [0.2, 0.25) is 5.91 Å². The van der Waals surface area contributed by atoms with E-state index in [9.17, 15) is 24.6 Å². The van der Waals surface area contributed by atoms with Gasteiger partial charge >= 0.3 is 5.97 Å². The van der Waals surface area contributed by atoms with Gasteiger partial charge < -0.3 is 25.2 Å². The third kappa shape index (κ3) is 5.01. The van der Waals surface area contributed by atoms with Crippen molar-refractivity contribution in [3.8, 4) is 5.75 Å². The molecule has 0 saturated carbocycles. The van der Waals surface area contributed by atoms with Gasteiger partial charge in [0.1, 0.15) is 16.8 Å². The topological polar surface area (TPSA) is 147 Å². The Morgan fingerprint density at radius 1 is 1.26 bits per heavy atom. The number of aliphatic hydroxyl groups excluding tert-OH is 1. The first kappa shape index (κ1) is 28.2. The van der Waals surface area contributed by atoms with E-state index in [1.807, 2.05) is 20.8 Å². The largest absolute Gasteiger partial charge is 0.496 e. The van der Waals surface area contributed by atoms with Crippen molar-refractivity contribution in [3.05, 3.63) is 64.4 Å². The van der Waals surface area contributed by atoms with E-state index in [1.165, 1.54) is 47.3 Å². The number of carbonyl (C=O) groups is 3. The Balaban J connectivity index is 1.98. The monoisotopic (exact) mass is 555 g/mol. The maximum atomic E-state index is 14.5. The molecule has 3 atom stereocenters. The van der Waals surface area contributed by atoms with Crippen LogP contribution in [0.3, 0.4) is 0 Å². The van der Waals surface area contributed by atoms with Crippen LogP contribution in [0.1, 0.15) is 61.1 Å². The molecule has 3 heterocycles. The number of hydrogen-bond acceptors (Lipinski definition) is 8. The summed E-state index contributed by atoms with van der Waals surface area (Å²) in [6, 6.07) is 5.60. The second kappa shape index (κ2) is 10.4. The molecule has 208 valence electrons. The van der Waals surface area contributed by atoms with Crippen molar-refractivity contribution in [2.45, 2.75) is 63.2 Å². The second-order valence-electron chi connectivity index (χ2n) is 10.8. The zero-order valence-corrected chi connectivity index (χ0v) is 23.4. The molecule has 3 aromatic rings. The van der Waals surface area contributed by atoms with Crippen LogP contribution in [0.15, 0.2) is 48.2 Å². The number of likely N-dealkylation sites (tertiary alicyclic amines) is 1. The molecule has 39 heavy (non-hydrogen) atoms. The van der Waals surface area contributed by atoms with Crippen molar-refractivity contribution in [1.82, 2.24) is 25.0 Å². The van der Waals surface area contributed by atoms with Gasteiger partial charge in [-0.05, 0) is 29.2 Å². The summed E-state index contributed by atoms with van der Waals surface area (Å²) in [5, 5.41) is 30.6. The van der Waals surface area contributed by atoms with Crippen LogP contribution in [0.2, 0.25) is 0 Å². The SMILES string of the molecule is COc1cc(C(=O)N2C(c3nccs3)C(CO)(NC(C)=O)CC2(Cn2cccn2)C(=O)O)ccc1C(C)(C)C. The number of carboxylic acid groups (broad SMARTS) is 1. The van der Waals surface area contributed by atoms with E-state index in [0.717, 1.165) is 5.56 Å². The van der Waals surface area contributed by atoms with E-state index in [2.05, 4.69) is 15.4 Å². The predicted molar refractivity (Wildman–Crippen MR) is 144 cm³/mol. The molecule has 0 spiro atoms. The second-order valence-corrected chi connectivity index (χ2v) is 11.8. The minimum atomic E-state index is -1.90. The van der Waals surface area contributed by atoms with Gasteiger partial charge in [0.05, 0.1) is 25.8 Å². The van der Waals surface area contributed by atoms with E-state index in [1.54, 1.807) is 35.8 Å². The lowest BCUT2D eigenvalue weighted by atomic mass is 9.84. The summed E-state index contributed by atoms with van der Waals surface area (Å²) >= 11 is 1.21. The molecule has 3 N–H and O–H groups in total. The smallest absolute Gasteiger partial charge is 0.331 e. The van der Waals surface area contributed by atoms with E-state index < -0.39 is 41.5 Å². The Morgan fingerprint density at radius 2 is 2.00 bits per heavy atom. The standard InChI is InChI=1S/C27H33N5O6S/c1-17(34)30-26(16-33)14-27(24(36)37,15-31-11-6-9-29-31)32(21(26)22-28-10-12-39-22)23(35)18-7-8-19(25(2,3)4)20(13-18)38-5/h6-13,21,33H,14-16H2,1-5H3,(H,30,34)(H,36,37). The predicted octanol–water partition coefficient (Wildman–Crippen LogP) is 2.62. The molecular formula is C27H33N5O6S. The molecular weight excluding hydrogens is 522 g/mol. The molecule has 3 unspecified atom stereocenters. The number of nitrogens with zero attached hydrogens (tertiary/aromatic N) is 4. The van der Waals surface area contributed by atoms with Crippen molar-refractivity contribution >= 4 is 29.1 Å². The van der Waals surface area contributed by atoms with Crippen LogP contribution in [0.25, 0.3) is 0 Å². The number of amides is 2. The highest BCUT2D eigenvalue weighted by Gasteiger charge is 2.66. The van der Waals surface area contributed by atoms with Crippen LogP contribution in [0, 0.1) is 0 Å². The Bertz CT molecular complexity index is 1350. The van der Waals surface area contributed by atoms with Crippen molar-refractivity contribution in [3.63, 3.8) is 0 Å². The highest BCUT2D eigenvalue weighted by atomic mass is 32.1. The minimum absolute atomic E-state index is 0.198. The highest BCUT2D eigenvalue weighted by Crippen LogP contribution is 2.51. The highest BCUT2D eigenvalue weighted by molar-refractivity contribution is 7.09. The minimum Gasteiger partial charge on any atom is -0.496 e. The lowest BCUT2D eigenvalue weighted by molar-refractivity contribution is -0.150. The summed E-state index contributed by atoms with van der Waals surface area (Å²) in [6.45, 7) is 6.50. The van der Waals surface area contributed by atoms with Crippen LogP contribution >= 0.6 is 11.3 Å². The van der Waals surface area contributed by atoms with Crippen LogP contribution in [-0.4, -0.2) is 72.5 Å². The maximum Gasteiger partial charge on any atom is 0.331 e. The maximum absolute atomic E-state index is 14.5. The molecule has 11 nitrogen and oxygen atoms in total. The number of rotatable bonds is 8. The van der Waals surface area contributed by atoms with Crippen LogP contribution < -0.4 is 10.1 Å². The van der Waals surface area contributed by atoms with Gasteiger partial charge in [0, 0.05) is 42.9 Å². The Labute approximate surface area is 230 Å². The number of ether oxygens (including phenoxy) is 1. The first-order chi connectivity index (χ1) is 18.4. The number of nitrogens with one attached hydrogen (secondary N) is 1. The van der Waals surface area contributed by atoms with Gasteiger partial charge in [-0.25, -0.2) is 9.78 Å². The van der Waals surface area contributed by atoms with Gasteiger partial charge in [-0.15, -0.1) is 11.3 Å². The lowest BCUT2D eigenvalue weighted by Gasteiger charge is -2.38. The molecule has 1 fully saturated rings. The summed E-state index contributed by atoms with van der Waals surface area (Å²) < 4.78 is 7.04. The van der Waals surface area contributed by atoms with E-state index in [4.69, 9.17) is 4.74 Å². The number of carboxylic acids is 1. The number of hydrogen-bond donors (Lipinski definition) is 3. The Hall–Kier alpha value is -3.77. The molecule has 0 bridgehead atoms. The zero-order chi connectivity index (χ0) is 28.6.